The van der Waals surface area contributed by atoms with E-state index in [4.69, 9.17) is 4.74 Å². The van der Waals surface area contributed by atoms with Crippen LogP contribution in [0.1, 0.15) is 16.9 Å². The molecule has 2 aromatic rings. The van der Waals surface area contributed by atoms with E-state index in [1.165, 1.54) is 12.0 Å². The molecule has 0 atom stereocenters. The highest BCUT2D eigenvalue weighted by molar-refractivity contribution is 7.18. The molecule has 27 heavy (non-hydrogen) atoms. The molecule has 4 rings (SSSR count). The number of aryl methyl sites for hydroxylation is 2. The molecule has 0 aromatic carbocycles. The van der Waals surface area contributed by atoms with E-state index in [0.717, 1.165) is 47.3 Å². The Morgan fingerprint density at radius 3 is 2.67 bits per heavy atom. The SMILES string of the molecule is COC(=O)Cn1c(=O)c2c3c(sc2n(CCN2CCOCC2)c1=O)CCC3. The van der Waals surface area contributed by atoms with Gasteiger partial charge in [-0.3, -0.25) is 19.1 Å². The number of nitrogens with zero attached hydrogens (tertiary/aromatic N) is 3. The van der Waals surface area contributed by atoms with Crippen molar-refractivity contribution in [1.82, 2.24) is 14.0 Å². The molecule has 2 aliphatic rings. The van der Waals surface area contributed by atoms with Crippen LogP contribution >= 0.6 is 11.3 Å². The van der Waals surface area contributed by atoms with Crippen molar-refractivity contribution in [2.45, 2.75) is 32.4 Å². The number of fused-ring (bicyclic) bond motifs is 3. The smallest absolute Gasteiger partial charge is 0.332 e. The number of methoxy groups -OCH3 is 1. The standard InChI is InChI=1S/C18H23N3O5S/c1-25-14(22)11-21-16(23)15-12-3-2-4-13(12)27-17(15)20(18(21)24)6-5-19-7-9-26-10-8-19/h2-11H2,1H3. The summed E-state index contributed by atoms with van der Waals surface area (Å²) in [5.74, 6) is -0.597. The van der Waals surface area contributed by atoms with E-state index in [2.05, 4.69) is 9.64 Å². The van der Waals surface area contributed by atoms with Gasteiger partial charge in [-0.1, -0.05) is 0 Å². The van der Waals surface area contributed by atoms with Crippen molar-refractivity contribution in [1.29, 1.82) is 0 Å². The van der Waals surface area contributed by atoms with E-state index in [-0.39, 0.29) is 12.1 Å². The third kappa shape index (κ3) is 3.35. The van der Waals surface area contributed by atoms with Gasteiger partial charge >= 0.3 is 11.7 Å². The molecule has 3 heterocycles. The van der Waals surface area contributed by atoms with Gasteiger partial charge in [0.15, 0.2) is 0 Å². The number of hydrogen-bond acceptors (Lipinski definition) is 7. The number of thiophene rings is 1. The van der Waals surface area contributed by atoms with E-state index in [1.807, 2.05) is 0 Å². The molecule has 146 valence electrons. The molecular weight excluding hydrogens is 370 g/mol. The second-order valence-corrected chi connectivity index (χ2v) is 7.98. The maximum atomic E-state index is 13.0. The Kier molecular flexibility index (Phi) is 5.16. The van der Waals surface area contributed by atoms with Gasteiger partial charge in [0, 0.05) is 31.1 Å². The lowest BCUT2D eigenvalue weighted by Crippen LogP contribution is -2.44. The average molecular weight is 393 g/mol. The summed E-state index contributed by atoms with van der Waals surface area (Å²) in [6.45, 7) is 3.89. The summed E-state index contributed by atoms with van der Waals surface area (Å²) in [5.41, 5.74) is 0.243. The molecule has 1 aliphatic heterocycles. The molecule has 0 amide bonds. The van der Waals surface area contributed by atoms with Crippen LogP contribution in [-0.2, 0) is 40.2 Å². The predicted molar refractivity (Wildman–Crippen MR) is 102 cm³/mol. The highest BCUT2D eigenvalue weighted by Gasteiger charge is 2.25. The molecule has 1 saturated heterocycles. The molecule has 0 radical (unpaired) electrons. The zero-order valence-corrected chi connectivity index (χ0v) is 16.2. The number of morpholine rings is 1. The molecule has 0 saturated carbocycles. The predicted octanol–water partition coefficient (Wildman–Crippen LogP) is 0.219. The van der Waals surface area contributed by atoms with Crippen LogP contribution in [0, 0.1) is 0 Å². The first-order chi connectivity index (χ1) is 13.1. The van der Waals surface area contributed by atoms with Crippen LogP contribution < -0.4 is 11.2 Å². The minimum absolute atomic E-state index is 0.355. The summed E-state index contributed by atoms with van der Waals surface area (Å²) in [6.07, 6.45) is 2.83. The normalized spacial score (nSPS) is 17.4. The third-order valence-electron chi connectivity index (χ3n) is 5.33. The summed E-state index contributed by atoms with van der Waals surface area (Å²) >= 11 is 1.55. The van der Waals surface area contributed by atoms with Gasteiger partial charge in [0.2, 0.25) is 0 Å². The van der Waals surface area contributed by atoms with Crippen molar-refractivity contribution in [3.05, 3.63) is 31.3 Å². The molecule has 1 aliphatic carbocycles. The Bertz CT molecular complexity index is 984. The molecule has 2 aromatic heterocycles. The van der Waals surface area contributed by atoms with Crippen LogP contribution in [-0.4, -0.2) is 60.0 Å². The molecule has 0 bridgehead atoms. The zero-order chi connectivity index (χ0) is 19.0. The fraction of sp³-hybridized carbons (Fsp3) is 0.611. The second kappa shape index (κ2) is 7.57. The average Bonchev–Trinajstić information content (AvgIpc) is 3.27. The summed E-state index contributed by atoms with van der Waals surface area (Å²) in [6, 6.07) is 0. The van der Waals surface area contributed by atoms with Crippen LogP contribution in [0.4, 0.5) is 0 Å². The van der Waals surface area contributed by atoms with Crippen LogP contribution in [0.25, 0.3) is 10.2 Å². The molecular formula is C18H23N3O5S. The number of esters is 1. The van der Waals surface area contributed by atoms with Crippen molar-refractivity contribution in [2.24, 2.45) is 0 Å². The van der Waals surface area contributed by atoms with Crippen LogP contribution in [0.15, 0.2) is 9.59 Å². The molecule has 0 N–H and O–H groups in total. The lowest BCUT2D eigenvalue weighted by atomic mass is 10.2. The molecule has 8 nitrogen and oxygen atoms in total. The van der Waals surface area contributed by atoms with Gasteiger partial charge in [0.05, 0.1) is 25.7 Å². The van der Waals surface area contributed by atoms with Crippen molar-refractivity contribution < 1.29 is 14.3 Å². The van der Waals surface area contributed by atoms with Crippen molar-refractivity contribution in [3.8, 4) is 0 Å². The Morgan fingerprint density at radius 2 is 1.93 bits per heavy atom. The van der Waals surface area contributed by atoms with Crippen LogP contribution in [0.3, 0.4) is 0 Å². The van der Waals surface area contributed by atoms with Gasteiger partial charge in [-0.15, -0.1) is 11.3 Å². The minimum Gasteiger partial charge on any atom is -0.468 e. The van der Waals surface area contributed by atoms with Gasteiger partial charge in [0.1, 0.15) is 11.4 Å². The first-order valence-corrected chi connectivity index (χ1v) is 10.1. The van der Waals surface area contributed by atoms with Gasteiger partial charge in [0.25, 0.3) is 5.56 Å². The van der Waals surface area contributed by atoms with Crippen molar-refractivity contribution >= 4 is 27.5 Å². The number of carbonyl (C=O) groups is 1. The second-order valence-electron chi connectivity index (χ2n) is 6.89. The van der Waals surface area contributed by atoms with E-state index >= 15 is 0 Å². The molecule has 0 spiro atoms. The lowest BCUT2D eigenvalue weighted by molar-refractivity contribution is -0.141. The summed E-state index contributed by atoms with van der Waals surface area (Å²) in [4.78, 5) is 42.0. The Morgan fingerprint density at radius 1 is 1.15 bits per heavy atom. The molecule has 9 heteroatoms. The van der Waals surface area contributed by atoms with Gasteiger partial charge in [-0.2, -0.15) is 0 Å². The number of carbonyl (C=O) groups excluding carboxylic acids is 1. The minimum atomic E-state index is -0.597. The van der Waals surface area contributed by atoms with E-state index < -0.39 is 11.7 Å². The van der Waals surface area contributed by atoms with E-state index in [0.29, 0.717) is 31.7 Å². The number of ether oxygens (including phenoxy) is 2. The summed E-state index contributed by atoms with van der Waals surface area (Å²) < 4.78 is 12.7. The molecule has 0 unspecified atom stereocenters. The summed E-state index contributed by atoms with van der Waals surface area (Å²) in [7, 11) is 1.26. The third-order valence-corrected chi connectivity index (χ3v) is 6.64. The Hall–Kier alpha value is -1.97. The molecule has 1 fully saturated rings. The van der Waals surface area contributed by atoms with Gasteiger partial charge in [-0.05, 0) is 24.8 Å². The van der Waals surface area contributed by atoms with Crippen molar-refractivity contribution in [3.63, 3.8) is 0 Å². The van der Waals surface area contributed by atoms with Gasteiger partial charge < -0.3 is 9.47 Å². The van der Waals surface area contributed by atoms with Crippen LogP contribution in [0.5, 0.6) is 0 Å². The topological polar surface area (TPSA) is 82.8 Å². The van der Waals surface area contributed by atoms with E-state index in [1.54, 1.807) is 15.9 Å². The van der Waals surface area contributed by atoms with Crippen LogP contribution in [0.2, 0.25) is 0 Å². The lowest BCUT2D eigenvalue weighted by Gasteiger charge is -2.26. The number of aromatic nitrogens is 2. The Balaban J connectivity index is 1.79. The fourth-order valence-electron chi connectivity index (χ4n) is 3.85. The van der Waals surface area contributed by atoms with Crippen molar-refractivity contribution in [2.75, 3.05) is 40.0 Å². The highest BCUT2D eigenvalue weighted by Crippen LogP contribution is 2.35. The Labute approximate surface area is 159 Å². The highest BCUT2D eigenvalue weighted by atomic mass is 32.1. The monoisotopic (exact) mass is 393 g/mol. The zero-order valence-electron chi connectivity index (χ0n) is 15.4. The van der Waals surface area contributed by atoms with Gasteiger partial charge in [-0.25, -0.2) is 9.36 Å². The maximum Gasteiger partial charge on any atom is 0.332 e. The first kappa shape index (κ1) is 18.4. The van der Waals surface area contributed by atoms with E-state index in [9.17, 15) is 14.4 Å². The maximum absolute atomic E-state index is 13.0. The number of hydrogen-bond donors (Lipinski definition) is 0. The quantitative estimate of drug-likeness (QED) is 0.676. The fourth-order valence-corrected chi connectivity index (χ4v) is 5.25. The number of rotatable bonds is 5. The largest absolute Gasteiger partial charge is 0.468 e. The summed E-state index contributed by atoms with van der Waals surface area (Å²) in [5, 5.41) is 0.609. The first-order valence-electron chi connectivity index (χ1n) is 9.25.